The summed E-state index contributed by atoms with van der Waals surface area (Å²) in [7, 11) is 0. The highest BCUT2D eigenvalue weighted by atomic mass is 35.5. The van der Waals surface area contributed by atoms with Crippen molar-refractivity contribution >= 4 is 29.3 Å². The maximum absolute atomic E-state index is 12.3. The van der Waals surface area contributed by atoms with Crippen LogP contribution in [-0.2, 0) is 17.9 Å². The number of benzene rings is 1. The van der Waals surface area contributed by atoms with E-state index in [0.29, 0.717) is 23.3 Å². The SMILES string of the molecule is C=CCn1c(C)nnc1SC(C)C(=O)NCc1ccccc1Cl. The zero-order chi connectivity index (χ0) is 16.8. The van der Waals surface area contributed by atoms with E-state index in [9.17, 15) is 4.79 Å². The van der Waals surface area contributed by atoms with Crippen LogP contribution >= 0.6 is 23.4 Å². The summed E-state index contributed by atoms with van der Waals surface area (Å²) in [6.07, 6.45) is 1.78. The topological polar surface area (TPSA) is 59.8 Å². The third kappa shape index (κ3) is 4.59. The van der Waals surface area contributed by atoms with Crippen LogP contribution in [0, 0.1) is 6.92 Å². The first-order chi connectivity index (χ1) is 11.0. The summed E-state index contributed by atoms with van der Waals surface area (Å²) in [5.74, 6) is 0.733. The molecule has 0 radical (unpaired) electrons. The molecular weight excluding hydrogens is 332 g/mol. The van der Waals surface area contributed by atoms with Crippen LogP contribution in [0.15, 0.2) is 42.1 Å². The highest BCUT2D eigenvalue weighted by molar-refractivity contribution is 8.00. The molecule has 0 spiro atoms. The Balaban J connectivity index is 1.95. The lowest BCUT2D eigenvalue weighted by Crippen LogP contribution is -2.30. The molecule has 7 heteroatoms. The molecule has 5 nitrogen and oxygen atoms in total. The van der Waals surface area contributed by atoms with E-state index in [2.05, 4.69) is 22.1 Å². The summed E-state index contributed by atoms with van der Waals surface area (Å²) >= 11 is 7.46. The minimum atomic E-state index is -0.287. The first-order valence-electron chi connectivity index (χ1n) is 7.21. The molecule has 0 saturated carbocycles. The van der Waals surface area contributed by atoms with E-state index in [-0.39, 0.29) is 11.2 Å². The third-order valence-electron chi connectivity index (χ3n) is 3.28. The molecule has 23 heavy (non-hydrogen) atoms. The molecule has 2 rings (SSSR count). The number of hydrogen-bond acceptors (Lipinski definition) is 4. The van der Waals surface area contributed by atoms with E-state index in [4.69, 9.17) is 11.6 Å². The van der Waals surface area contributed by atoms with Gasteiger partial charge in [0, 0.05) is 18.1 Å². The maximum Gasteiger partial charge on any atom is 0.233 e. The number of nitrogens with one attached hydrogen (secondary N) is 1. The highest BCUT2D eigenvalue weighted by Crippen LogP contribution is 2.22. The lowest BCUT2D eigenvalue weighted by Gasteiger charge is -2.13. The lowest BCUT2D eigenvalue weighted by atomic mass is 10.2. The highest BCUT2D eigenvalue weighted by Gasteiger charge is 2.18. The molecule has 1 heterocycles. The van der Waals surface area contributed by atoms with Gasteiger partial charge in [-0.1, -0.05) is 47.6 Å². The van der Waals surface area contributed by atoms with Crippen LogP contribution in [0.1, 0.15) is 18.3 Å². The van der Waals surface area contributed by atoms with E-state index in [1.165, 1.54) is 11.8 Å². The van der Waals surface area contributed by atoms with Gasteiger partial charge in [-0.15, -0.1) is 16.8 Å². The fraction of sp³-hybridized carbons (Fsp3) is 0.312. The van der Waals surface area contributed by atoms with E-state index >= 15 is 0 Å². The summed E-state index contributed by atoms with van der Waals surface area (Å²) in [4.78, 5) is 12.3. The second-order valence-electron chi connectivity index (χ2n) is 5.00. The predicted molar refractivity (Wildman–Crippen MR) is 93.6 cm³/mol. The summed E-state index contributed by atoms with van der Waals surface area (Å²) < 4.78 is 1.93. The molecule has 122 valence electrons. The number of allylic oxidation sites excluding steroid dienone is 1. The molecule has 1 atom stereocenters. The second-order valence-corrected chi connectivity index (χ2v) is 6.71. The number of rotatable bonds is 7. The van der Waals surface area contributed by atoms with Crippen LogP contribution in [0.25, 0.3) is 0 Å². The van der Waals surface area contributed by atoms with Crippen LogP contribution in [-0.4, -0.2) is 25.9 Å². The fourth-order valence-corrected chi connectivity index (χ4v) is 3.10. The minimum Gasteiger partial charge on any atom is -0.351 e. The molecule has 1 unspecified atom stereocenters. The average molecular weight is 351 g/mol. The van der Waals surface area contributed by atoms with Crippen LogP contribution in [0.5, 0.6) is 0 Å². The van der Waals surface area contributed by atoms with Crippen molar-refractivity contribution < 1.29 is 4.79 Å². The van der Waals surface area contributed by atoms with E-state index < -0.39 is 0 Å². The number of hydrogen-bond donors (Lipinski definition) is 1. The molecule has 0 bridgehead atoms. The van der Waals surface area contributed by atoms with Crippen molar-refractivity contribution in [2.75, 3.05) is 0 Å². The Morgan fingerprint density at radius 3 is 2.91 bits per heavy atom. The molecule has 1 N–H and O–H groups in total. The predicted octanol–water partition coefficient (Wildman–Crippen LogP) is 3.22. The molecule has 2 aromatic rings. The van der Waals surface area contributed by atoms with Gasteiger partial charge in [0.1, 0.15) is 5.82 Å². The summed E-state index contributed by atoms with van der Waals surface area (Å²) in [6.45, 7) is 8.47. The quantitative estimate of drug-likeness (QED) is 0.615. The van der Waals surface area contributed by atoms with Crippen molar-refractivity contribution in [3.8, 4) is 0 Å². The molecule has 0 fully saturated rings. The number of aromatic nitrogens is 3. The van der Waals surface area contributed by atoms with Gasteiger partial charge in [-0.2, -0.15) is 0 Å². The summed E-state index contributed by atoms with van der Waals surface area (Å²) in [5, 5.41) is 12.1. The Morgan fingerprint density at radius 2 is 2.22 bits per heavy atom. The Hall–Kier alpha value is -1.79. The van der Waals surface area contributed by atoms with Crippen molar-refractivity contribution in [3.05, 3.63) is 53.3 Å². The normalized spacial score (nSPS) is 12.0. The van der Waals surface area contributed by atoms with Crippen molar-refractivity contribution in [1.29, 1.82) is 0 Å². The number of carbonyl (C=O) groups is 1. The Kier molecular flexibility index (Phi) is 6.24. The third-order valence-corrected chi connectivity index (χ3v) is 4.73. The van der Waals surface area contributed by atoms with Crippen molar-refractivity contribution in [2.45, 2.75) is 37.3 Å². The number of aryl methyl sites for hydroxylation is 1. The van der Waals surface area contributed by atoms with Crippen molar-refractivity contribution in [1.82, 2.24) is 20.1 Å². The molecule has 0 aliphatic carbocycles. The Morgan fingerprint density at radius 1 is 1.48 bits per heavy atom. The van der Waals surface area contributed by atoms with Gasteiger partial charge in [0.05, 0.1) is 5.25 Å². The van der Waals surface area contributed by atoms with Gasteiger partial charge in [-0.05, 0) is 25.5 Å². The lowest BCUT2D eigenvalue weighted by molar-refractivity contribution is -0.120. The molecule has 0 aliphatic heterocycles. The number of thioether (sulfide) groups is 1. The molecule has 0 saturated heterocycles. The zero-order valence-electron chi connectivity index (χ0n) is 13.1. The smallest absolute Gasteiger partial charge is 0.233 e. The van der Waals surface area contributed by atoms with Gasteiger partial charge in [-0.3, -0.25) is 4.79 Å². The van der Waals surface area contributed by atoms with Gasteiger partial charge < -0.3 is 9.88 Å². The standard InChI is InChI=1S/C16H19ClN4OS/c1-4-9-21-12(3)19-20-16(21)23-11(2)15(22)18-10-13-7-5-6-8-14(13)17/h4-8,11H,1,9-10H2,2-3H3,(H,18,22). The van der Waals surface area contributed by atoms with Gasteiger partial charge in [-0.25, -0.2) is 0 Å². The van der Waals surface area contributed by atoms with E-state index in [1.54, 1.807) is 6.08 Å². The number of halogens is 1. The average Bonchev–Trinajstić information content (AvgIpc) is 2.87. The van der Waals surface area contributed by atoms with Gasteiger partial charge in [0.15, 0.2) is 5.16 Å². The van der Waals surface area contributed by atoms with Gasteiger partial charge in [0.25, 0.3) is 0 Å². The first-order valence-corrected chi connectivity index (χ1v) is 8.47. The number of nitrogens with zero attached hydrogens (tertiary/aromatic N) is 3. The first kappa shape index (κ1) is 17.6. The molecule has 0 aliphatic rings. The van der Waals surface area contributed by atoms with Crippen LogP contribution in [0.2, 0.25) is 5.02 Å². The molecular formula is C16H19ClN4OS. The Bertz CT molecular complexity index is 701. The summed E-state index contributed by atoms with van der Waals surface area (Å²) in [5.41, 5.74) is 0.894. The van der Waals surface area contributed by atoms with Crippen molar-refractivity contribution in [2.24, 2.45) is 0 Å². The maximum atomic E-state index is 12.3. The molecule has 1 aromatic carbocycles. The van der Waals surface area contributed by atoms with E-state index in [0.717, 1.165) is 11.4 Å². The second kappa shape index (κ2) is 8.17. The van der Waals surface area contributed by atoms with Crippen LogP contribution < -0.4 is 5.32 Å². The largest absolute Gasteiger partial charge is 0.351 e. The summed E-state index contributed by atoms with van der Waals surface area (Å²) in [6, 6.07) is 7.46. The number of carbonyl (C=O) groups excluding carboxylic acids is 1. The number of amides is 1. The van der Waals surface area contributed by atoms with Crippen molar-refractivity contribution in [3.63, 3.8) is 0 Å². The van der Waals surface area contributed by atoms with E-state index in [1.807, 2.05) is 42.7 Å². The zero-order valence-corrected chi connectivity index (χ0v) is 14.7. The fourth-order valence-electron chi connectivity index (χ4n) is 1.97. The van der Waals surface area contributed by atoms with Gasteiger partial charge >= 0.3 is 0 Å². The monoisotopic (exact) mass is 350 g/mol. The molecule has 1 amide bonds. The molecule has 1 aromatic heterocycles. The minimum absolute atomic E-state index is 0.0688. The van der Waals surface area contributed by atoms with Crippen LogP contribution in [0.4, 0.5) is 0 Å². The van der Waals surface area contributed by atoms with Crippen LogP contribution in [0.3, 0.4) is 0 Å². The Labute approximate surface area is 145 Å². The van der Waals surface area contributed by atoms with Gasteiger partial charge in [0.2, 0.25) is 5.91 Å².